The SMILES string of the molecule is Cn1c(Cl)cnc1CNC(CO)Cc1ccccc1. The van der Waals surface area contributed by atoms with Crippen LogP contribution < -0.4 is 5.32 Å². The Bertz CT molecular complexity index is 513. The number of nitrogens with one attached hydrogen (secondary N) is 1. The maximum atomic E-state index is 9.42. The first-order chi connectivity index (χ1) is 9.20. The normalized spacial score (nSPS) is 12.6. The minimum Gasteiger partial charge on any atom is -0.395 e. The molecular formula is C14H18ClN3O. The van der Waals surface area contributed by atoms with Gasteiger partial charge in [-0.2, -0.15) is 0 Å². The maximum Gasteiger partial charge on any atom is 0.128 e. The highest BCUT2D eigenvalue weighted by molar-refractivity contribution is 6.29. The van der Waals surface area contributed by atoms with Crippen LogP contribution in [0.3, 0.4) is 0 Å². The summed E-state index contributed by atoms with van der Waals surface area (Å²) in [5, 5.41) is 13.3. The number of aliphatic hydroxyl groups is 1. The molecule has 0 radical (unpaired) electrons. The van der Waals surface area contributed by atoms with Crippen molar-refractivity contribution < 1.29 is 5.11 Å². The van der Waals surface area contributed by atoms with Gasteiger partial charge in [0.25, 0.3) is 0 Å². The number of rotatable bonds is 6. The highest BCUT2D eigenvalue weighted by atomic mass is 35.5. The highest BCUT2D eigenvalue weighted by Gasteiger charge is 2.10. The van der Waals surface area contributed by atoms with Crippen molar-refractivity contribution in [3.63, 3.8) is 0 Å². The summed E-state index contributed by atoms with van der Waals surface area (Å²) in [5.74, 6) is 0.858. The minimum absolute atomic E-state index is 0.0119. The molecule has 0 saturated carbocycles. The number of aromatic nitrogens is 2. The van der Waals surface area contributed by atoms with Crippen LogP contribution in [0.25, 0.3) is 0 Å². The zero-order chi connectivity index (χ0) is 13.7. The summed E-state index contributed by atoms with van der Waals surface area (Å²) in [6.07, 6.45) is 2.42. The zero-order valence-electron chi connectivity index (χ0n) is 10.9. The molecule has 19 heavy (non-hydrogen) atoms. The summed E-state index contributed by atoms with van der Waals surface area (Å²) >= 11 is 5.93. The van der Waals surface area contributed by atoms with Gasteiger partial charge in [-0.3, -0.25) is 0 Å². The van der Waals surface area contributed by atoms with Crippen LogP contribution in [0.4, 0.5) is 0 Å². The summed E-state index contributed by atoms with van der Waals surface area (Å²) in [5.41, 5.74) is 1.20. The van der Waals surface area contributed by atoms with E-state index in [1.807, 2.05) is 29.8 Å². The first-order valence-corrected chi connectivity index (χ1v) is 6.62. The minimum atomic E-state index is 0.0119. The quantitative estimate of drug-likeness (QED) is 0.847. The van der Waals surface area contributed by atoms with Crippen molar-refractivity contribution in [1.29, 1.82) is 0 Å². The van der Waals surface area contributed by atoms with E-state index in [1.54, 1.807) is 6.20 Å². The smallest absolute Gasteiger partial charge is 0.128 e. The van der Waals surface area contributed by atoms with Gasteiger partial charge >= 0.3 is 0 Å². The molecule has 1 heterocycles. The van der Waals surface area contributed by atoms with Crippen molar-refractivity contribution in [3.05, 3.63) is 53.1 Å². The number of aliphatic hydroxyl groups excluding tert-OH is 1. The van der Waals surface area contributed by atoms with Crippen LogP contribution in [0, 0.1) is 0 Å². The van der Waals surface area contributed by atoms with Crippen LogP contribution in [0.15, 0.2) is 36.5 Å². The van der Waals surface area contributed by atoms with Crippen molar-refractivity contribution in [2.75, 3.05) is 6.61 Å². The van der Waals surface area contributed by atoms with E-state index in [2.05, 4.69) is 22.4 Å². The van der Waals surface area contributed by atoms with Gasteiger partial charge in [-0.25, -0.2) is 4.98 Å². The second kappa shape index (κ2) is 6.70. The van der Waals surface area contributed by atoms with Crippen molar-refractivity contribution in [2.24, 2.45) is 7.05 Å². The summed E-state index contributed by atoms with van der Waals surface area (Å²) < 4.78 is 1.82. The lowest BCUT2D eigenvalue weighted by molar-refractivity contribution is 0.239. The fourth-order valence-electron chi connectivity index (χ4n) is 1.92. The zero-order valence-corrected chi connectivity index (χ0v) is 11.6. The molecule has 2 aromatic rings. The van der Waals surface area contributed by atoms with Crippen molar-refractivity contribution in [1.82, 2.24) is 14.9 Å². The van der Waals surface area contributed by atoms with Crippen LogP contribution in [0.5, 0.6) is 0 Å². The Kier molecular flexibility index (Phi) is 4.96. The summed E-state index contributed by atoms with van der Waals surface area (Å²) in [6.45, 7) is 0.675. The van der Waals surface area contributed by atoms with Gasteiger partial charge < -0.3 is 15.0 Å². The molecular weight excluding hydrogens is 262 g/mol. The van der Waals surface area contributed by atoms with E-state index in [4.69, 9.17) is 11.6 Å². The van der Waals surface area contributed by atoms with Crippen molar-refractivity contribution in [2.45, 2.75) is 19.0 Å². The monoisotopic (exact) mass is 279 g/mol. The molecule has 5 heteroatoms. The highest BCUT2D eigenvalue weighted by Crippen LogP contribution is 2.09. The second-order valence-corrected chi connectivity index (χ2v) is 4.89. The maximum absolute atomic E-state index is 9.42. The molecule has 1 aromatic carbocycles. The Morgan fingerprint density at radius 3 is 2.68 bits per heavy atom. The van der Waals surface area contributed by atoms with Gasteiger partial charge in [0.05, 0.1) is 19.3 Å². The van der Waals surface area contributed by atoms with E-state index >= 15 is 0 Å². The fraction of sp³-hybridized carbons (Fsp3) is 0.357. The molecule has 0 aliphatic heterocycles. The van der Waals surface area contributed by atoms with Crippen LogP contribution in [0.1, 0.15) is 11.4 Å². The standard InChI is InChI=1S/C14H18ClN3O/c1-18-13(15)8-17-14(18)9-16-12(10-19)7-11-5-3-2-4-6-11/h2-6,8,12,16,19H,7,9-10H2,1H3. The third-order valence-corrected chi connectivity index (χ3v) is 3.47. The van der Waals surface area contributed by atoms with E-state index in [1.165, 1.54) is 5.56 Å². The van der Waals surface area contributed by atoms with Gasteiger partial charge in [-0.1, -0.05) is 41.9 Å². The number of halogens is 1. The van der Waals surface area contributed by atoms with Gasteiger partial charge in [0.1, 0.15) is 11.0 Å². The van der Waals surface area contributed by atoms with Crippen LogP contribution in [0.2, 0.25) is 5.15 Å². The largest absolute Gasteiger partial charge is 0.395 e. The topological polar surface area (TPSA) is 50.1 Å². The predicted octanol–water partition coefficient (Wildman–Crippen LogP) is 1.77. The molecule has 1 unspecified atom stereocenters. The molecule has 0 fully saturated rings. The average Bonchev–Trinajstić information content (AvgIpc) is 2.76. The summed E-state index contributed by atoms with van der Waals surface area (Å²) in [4.78, 5) is 4.22. The van der Waals surface area contributed by atoms with Crippen LogP contribution >= 0.6 is 11.6 Å². The third kappa shape index (κ3) is 3.80. The fourth-order valence-corrected chi connectivity index (χ4v) is 2.07. The number of hydrogen-bond donors (Lipinski definition) is 2. The van der Waals surface area contributed by atoms with E-state index in [-0.39, 0.29) is 12.6 Å². The lowest BCUT2D eigenvalue weighted by atomic mass is 10.1. The lowest BCUT2D eigenvalue weighted by Crippen LogP contribution is -2.34. The molecule has 0 amide bonds. The van der Waals surface area contributed by atoms with E-state index in [0.29, 0.717) is 11.7 Å². The molecule has 0 bridgehead atoms. The molecule has 1 atom stereocenters. The molecule has 0 aliphatic rings. The predicted molar refractivity (Wildman–Crippen MR) is 76.1 cm³/mol. The first-order valence-electron chi connectivity index (χ1n) is 6.25. The lowest BCUT2D eigenvalue weighted by Gasteiger charge is -2.16. The molecule has 0 saturated heterocycles. The second-order valence-electron chi connectivity index (χ2n) is 4.51. The van der Waals surface area contributed by atoms with Crippen LogP contribution in [-0.2, 0) is 20.0 Å². The van der Waals surface area contributed by atoms with Crippen molar-refractivity contribution >= 4 is 11.6 Å². The number of imidazole rings is 1. The summed E-state index contributed by atoms with van der Waals surface area (Å²) in [6, 6.07) is 10.1. The third-order valence-electron chi connectivity index (χ3n) is 3.12. The molecule has 102 valence electrons. The van der Waals surface area contributed by atoms with Crippen LogP contribution in [-0.4, -0.2) is 27.3 Å². The van der Waals surface area contributed by atoms with Gasteiger partial charge in [-0.15, -0.1) is 0 Å². The molecule has 2 rings (SSSR count). The van der Waals surface area contributed by atoms with Crippen molar-refractivity contribution in [3.8, 4) is 0 Å². The summed E-state index contributed by atoms with van der Waals surface area (Å²) in [7, 11) is 1.87. The number of nitrogens with zero attached hydrogens (tertiary/aromatic N) is 2. The molecule has 4 nitrogen and oxygen atoms in total. The van der Waals surface area contributed by atoms with Gasteiger partial charge in [0.2, 0.25) is 0 Å². The van der Waals surface area contributed by atoms with Gasteiger partial charge in [-0.05, 0) is 12.0 Å². The Balaban J connectivity index is 1.91. The molecule has 0 aliphatic carbocycles. The van der Waals surface area contributed by atoms with E-state index in [0.717, 1.165) is 12.2 Å². The van der Waals surface area contributed by atoms with Gasteiger partial charge in [0.15, 0.2) is 0 Å². The number of benzene rings is 1. The Labute approximate surface area is 118 Å². The molecule has 2 N–H and O–H groups in total. The molecule has 1 aromatic heterocycles. The Hall–Kier alpha value is -1.36. The number of hydrogen-bond acceptors (Lipinski definition) is 3. The van der Waals surface area contributed by atoms with E-state index in [9.17, 15) is 5.11 Å². The first kappa shape index (κ1) is 14.1. The van der Waals surface area contributed by atoms with E-state index < -0.39 is 0 Å². The Morgan fingerprint density at radius 2 is 2.11 bits per heavy atom. The van der Waals surface area contributed by atoms with Gasteiger partial charge in [0, 0.05) is 13.1 Å². The Morgan fingerprint density at radius 1 is 1.37 bits per heavy atom. The molecule has 0 spiro atoms. The average molecular weight is 280 g/mol.